The van der Waals surface area contributed by atoms with Crippen LogP contribution in [0.2, 0.25) is 5.02 Å². The SMILES string of the molecule is COc1ccc(CN(C)C(=O)c2cccc(Cl)c2)cc1. The monoisotopic (exact) mass is 289 g/mol. The normalized spacial score (nSPS) is 10.2. The molecule has 2 rings (SSSR count). The zero-order valence-corrected chi connectivity index (χ0v) is 12.2. The molecule has 0 atom stereocenters. The number of amides is 1. The molecular weight excluding hydrogens is 274 g/mol. The van der Waals surface area contributed by atoms with Crippen LogP contribution in [0, 0.1) is 0 Å². The standard InChI is InChI=1S/C16H16ClNO2/c1-18(11-12-6-8-15(20-2)9-7-12)16(19)13-4-3-5-14(17)10-13/h3-10H,11H2,1-2H3. The maximum atomic E-state index is 12.3. The Hall–Kier alpha value is -2.00. The van der Waals surface area contributed by atoms with Gasteiger partial charge in [-0.05, 0) is 35.9 Å². The summed E-state index contributed by atoms with van der Waals surface area (Å²) in [4.78, 5) is 13.9. The van der Waals surface area contributed by atoms with E-state index in [4.69, 9.17) is 16.3 Å². The number of hydrogen-bond donors (Lipinski definition) is 0. The van der Waals surface area contributed by atoms with Gasteiger partial charge < -0.3 is 9.64 Å². The third-order valence-corrected chi connectivity index (χ3v) is 3.23. The van der Waals surface area contributed by atoms with E-state index in [0.29, 0.717) is 17.1 Å². The van der Waals surface area contributed by atoms with Crippen LogP contribution in [0.15, 0.2) is 48.5 Å². The smallest absolute Gasteiger partial charge is 0.253 e. The molecule has 0 radical (unpaired) electrons. The highest BCUT2D eigenvalue weighted by atomic mass is 35.5. The third-order valence-electron chi connectivity index (χ3n) is 3.00. The van der Waals surface area contributed by atoms with Crippen molar-refractivity contribution in [2.45, 2.75) is 6.54 Å². The van der Waals surface area contributed by atoms with Crippen LogP contribution in [0.3, 0.4) is 0 Å². The van der Waals surface area contributed by atoms with E-state index in [1.54, 1.807) is 43.3 Å². The lowest BCUT2D eigenvalue weighted by Crippen LogP contribution is -2.26. The first kappa shape index (κ1) is 14.4. The van der Waals surface area contributed by atoms with Crippen molar-refractivity contribution < 1.29 is 9.53 Å². The fourth-order valence-electron chi connectivity index (χ4n) is 1.92. The minimum absolute atomic E-state index is 0.0525. The topological polar surface area (TPSA) is 29.5 Å². The molecule has 2 aromatic carbocycles. The zero-order valence-electron chi connectivity index (χ0n) is 11.5. The molecule has 0 unspecified atom stereocenters. The first-order valence-electron chi connectivity index (χ1n) is 6.24. The Morgan fingerprint density at radius 3 is 2.50 bits per heavy atom. The summed E-state index contributed by atoms with van der Waals surface area (Å²) in [6, 6.07) is 14.6. The van der Waals surface area contributed by atoms with Gasteiger partial charge in [-0.2, -0.15) is 0 Å². The van der Waals surface area contributed by atoms with Gasteiger partial charge in [-0.3, -0.25) is 4.79 Å². The van der Waals surface area contributed by atoms with Crippen LogP contribution < -0.4 is 4.74 Å². The van der Waals surface area contributed by atoms with Crippen molar-refractivity contribution in [1.29, 1.82) is 0 Å². The van der Waals surface area contributed by atoms with E-state index in [1.165, 1.54) is 0 Å². The fourth-order valence-corrected chi connectivity index (χ4v) is 2.11. The molecule has 0 aliphatic carbocycles. The lowest BCUT2D eigenvalue weighted by atomic mass is 10.1. The molecule has 0 heterocycles. The number of ether oxygens (including phenoxy) is 1. The van der Waals surface area contributed by atoms with Gasteiger partial charge in [0.1, 0.15) is 5.75 Å². The number of benzene rings is 2. The van der Waals surface area contributed by atoms with Crippen molar-refractivity contribution in [3.63, 3.8) is 0 Å². The minimum atomic E-state index is -0.0525. The van der Waals surface area contributed by atoms with E-state index in [9.17, 15) is 4.79 Å². The van der Waals surface area contributed by atoms with E-state index < -0.39 is 0 Å². The maximum Gasteiger partial charge on any atom is 0.253 e. The average Bonchev–Trinajstić information content (AvgIpc) is 2.47. The number of rotatable bonds is 4. The molecule has 0 spiro atoms. The Balaban J connectivity index is 2.07. The Morgan fingerprint density at radius 1 is 1.20 bits per heavy atom. The largest absolute Gasteiger partial charge is 0.497 e. The van der Waals surface area contributed by atoms with Gasteiger partial charge in [0.15, 0.2) is 0 Å². The molecule has 0 aromatic heterocycles. The maximum absolute atomic E-state index is 12.3. The summed E-state index contributed by atoms with van der Waals surface area (Å²) >= 11 is 5.90. The molecule has 1 amide bonds. The molecule has 0 aliphatic heterocycles. The molecule has 3 nitrogen and oxygen atoms in total. The van der Waals surface area contributed by atoms with Crippen LogP contribution in [0.4, 0.5) is 0 Å². The molecule has 2 aromatic rings. The predicted molar refractivity (Wildman–Crippen MR) is 80.2 cm³/mol. The molecule has 0 saturated heterocycles. The first-order valence-corrected chi connectivity index (χ1v) is 6.62. The summed E-state index contributed by atoms with van der Waals surface area (Å²) in [5.74, 6) is 0.751. The number of carbonyl (C=O) groups excluding carboxylic acids is 1. The molecule has 20 heavy (non-hydrogen) atoms. The summed E-state index contributed by atoms with van der Waals surface area (Å²) in [6.45, 7) is 0.537. The molecule has 0 N–H and O–H groups in total. The second kappa shape index (κ2) is 6.44. The van der Waals surface area contributed by atoms with Crippen molar-refractivity contribution in [2.24, 2.45) is 0 Å². The van der Waals surface area contributed by atoms with Gasteiger partial charge in [0.2, 0.25) is 0 Å². The number of hydrogen-bond acceptors (Lipinski definition) is 2. The van der Waals surface area contributed by atoms with Gasteiger partial charge in [0.25, 0.3) is 5.91 Å². The van der Waals surface area contributed by atoms with Crippen molar-refractivity contribution >= 4 is 17.5 Å². The van der Waals surface area contributed by atoms with Gasteiger partial charge in [-0.15, -0.1) is 0 Å². The minimum Gasteiger partial charge on any atom is -0.497 e. The van der Waals surface area contributed by atoms with Gasteiger partial charge in [0, 0.05) is 24.2 Å². The molecule has 0 saturated carbocycles. The molecule has 4 heteroatoms. The molecule has 0 bridgehead atoms. The van der Waals surface area contributed by atoms with Gasteiger partial charge >= 0.3 is 0 Å². The quantitative estimate of drug-likeness (QED) is 0.860. The van der Waals surface area contributed by atoms with Crippen LogP contribution in [0.1, 0.15) is 15.9 Å². The lowest BCUT2D eigenvalue weighted by molar-refractivity contribution is 0.0785. The van der Waals surface area contributed by atoms with Crippen molar-refractivity contribution in [1.82, 2.24) is 4.90 Å². The van der Waals surface area contributed by atoms with E-state index in [0.717, 1.165) is 11.3 Å². The van der Waals surface area contributed by atoms with E-state index in [2.05, 4.69) is 0 Å². The summed E-state index contributed by atoms with van der Waals surface area (Å²) < 4.78 is 5.11. The molecular formula is C16H16ClNO2. The summed E-state index contributed by atoms with van der Waals surface area (Å²) in [6.07, 6.45) is 0. The predicted octanol–water partition coefficient (Wildman–Crippen LogP) is 3.62. The van der Waals surface area contributed by atoms with Crippen LogP contribution in [-0.4, -0.2) is 25.0 Å². The van der Waals surface area contributed by atoms with Crippen LogP contribution in [0.25, 0.3) is 0 Å². The van der Waals surface area contributed by atoms with Crippen molar-refractivity contribution in [3.8, 4) is 5.75 Å². The highest BCUT2D eigenvalue weighted by molar-refractivity contribution is 6.30. The van der Waals surface area contributed by atoms with Crippen molar-refractivity contribution in [2.75, 3.05) is 14.2 Å². The van der Waals surface area contributed by atoms with Gasteiger partial charge in [-0.25, -0.2) is 0 Å². The first-order chi connectivity index (χ1) is 9.60. The van der Waals surface area contributed by atoms with Crippen LogP contribution >= 0.6 is 11.6 Å². The van der Waals surface area contributed by atoms with Crippen LogP contribution in [0.5, 0.6) is 5.75 Å². The number of carbonyl (C=O) groups is 1. The second-order valence-corrected chi connectivity index (χ2v) is 4.96. The summed E-state index contributed by atoms with van der Waals surface area (Å²) in [5, 5.41) is 0.564. The van der Waals surface area contributed by atoms with Gasteiger partial charge in [-0.1, -0.05) is 29.8 Å². The van der Waals surface area contributed by atoms with Crippen molar-refractivity contribution in [3.05, 3.63) is 64.7 Å². The zero-order chi connectivity index (χ0) is 14.5. The highest BCUT2D eigenvalue weighted by Gasteiger charge is 2.12. The number of halogens is 1. The van der Waals surface area contributed by atoms with E-state index >= 15 is 0 Å². The second-order valence-electron chi connectivity index (χ2n) is 4.52. The van der Waals surface area contributed by atoms with Crippen LogP contribution in [-0.2, 0) is 6.54 Å². The Labute approximate surface area is 123 Å². The Kier molecular flexibility index (Phi) is 4.64. The summed E-state index contributed by atoms with van der Waals surface area (Å²) in [7, 11) is 3.40. The third kappa shape index (κ3) is 3.52. The average molecular weight is 290 g/mol. The Bertz CT molecular complexity index is 596. The number of methoxy groups -OCH3 is 1. The lowest BCUT2D eigenvalue weighted by Gasteiger charge is -2.17. The fraction of sp³-hybridized carbons (Fsp3) is 0.188. The Morgan fingerprint density at radius 2 is 1.90 bits per heavy atom. The highest BCUT2D eigenvalue weighted by Crippen LogP contribution is 2.15. The number of nitrogens with zero attached hydrogens (tertiary/aromatic N) is 1. The summed E-state index contributed by atoms with van der Waals surface area (Å²) in [5.41, 5.74) is 1.64. The van der Waals surface area contributed by atoms with E-state index in [1.807, 2.05) is 24.3 Å². The van der Waals surface area contributed by atoms with Gasteiger partial charge in [0.05, 0.1) is 7.11 Å². The van der Waals surface area contributed by atoms with E-state index in [-0.39, 0.29) is 5.91 Å². The molecule has 0 aliphatic rings. The molecule has 0 fully saturated rings. The molecule has 104 valence electrons.